The van der Waals surface area contributed by atoms with Gasteiger partial charge in [-0.3, -0.25) is 4.79 Å². The van der Waals surface area contributed by atoms with Gasteiger partial charge in [0.25, 0.3) is 0 Å². The summed E-state index contributed by atoms with van der Waals surface area (Å²) in [6, 6.07) is -0.718. The summed E-state index contributed by atoms with van der Waals surface area (Å²) >= 11 is 0. The molecule has 1 rings (SSSR count). The van der Waals surface area contributed by atoms with Crippen molar-refractivity contribution in [2.24, 2.45) is 0 Å². The molecule has 0 aliphatic carbocycles. The van der Waals surface area contributed by atoms with Crippen molar-refractivity contribution >= 4 is 5.91 Å². The first-order valence-corrected chi connectivity index (χ1v) is 26.5. The van der Waals surface area contributed by atoms with Crippen molar-refractivity contribution in [3.05, 3.63) is 24.3 Å². The Morgan fingerprint density at radius 1 is 0.548 bits per heavy atom. The van der Waals surface area contributed by atoms with Crippen LogP contribution in [0.4, 0.5) is 0 Å². The maximum Gasteiger partial charge on any atom is 0.220 e. The SMILES string of the molecule is CCCCCCC/C=C\C/C=C\CCCCCCCCCCCCCC(=O)NC(COC1OC(CO)C(O)C(O)C1O)C(O)CCCCCCCCCCCCCCCCCC. The second-order valence-corrected chi connectivity index (χ2v) is 18.7. The van der Waals surface area contributed by atoms with Gasteiger partial charge >= 0.3 is 0 Å². The van der Waals surface area contributed by atoms with Crippen molar-refractivity contribution in [1.29, 1.82) is 0 Å². The molecule has 0 radical (unpaired) electrons. The van der Waals surface area contributed by atoms with Crippen LogP contribution in [0.5, 0.6) is 0 Å². The molecule has 1 aliphatic heterocycles. The Kier molecular flexibility index (Phi) is 41.2. The number of carbonyl (C=O) groups is 1. The molecule has 7 atom stereocenters. The summed E-state index contributed by atoms with van der Waals surface area (Å²) < 4.78 is 11.3. The van der Waals surface area contributed by atoms with E-state index in [9.17, 15) is 30.3 Å². The third kappa shape index (κ3) is 33.2. The van der Waals surface area contributed by atoms with Crippen molar-refractivity contribution in [3.63, 3.8) is 0 Å². The van der Waals surface area contributed by atoms with Crippen LogP contribution in [0, 0.1) is 0 Å². The second-order valence-electron chi connectivity index (χ2n) is 18.7. The molecule has 0 aromatic carbocycles. The predicted octanol–water partition coefficient (Wildman–Crippen LogP) is 12.2. The van der Waals surface area contributed by atoms with E-state index >= 15 is 0 Å². The molecule has 0 aromatic heterocycles. The first kappa shape index (κ1) is 58.7. The van der Waals surface area contributed by atoms with E-state index in [1.165, 1.54) is 180 Å². The van der Waals surface area contributed by atoms with Gasteiger partial charge in [0, 0.05) is 6.42 Å². The Labute approximate surface area is 381 Å². The quantitative estimate of drug-likeness (QED) is 0.0262. The summed E-state index contributed by atoms with van der Waals surface area (Å²) in [5, 5.41) is 54.5. The molecule has 1 heterocycles. The van der Waals surface area contributed by atoms with Crippen molar-refractivity contribution in [2.45, 2.75) is 294 Å². The topological polar surface area (TPSA) is 149 Å². The number of hydrogen-bond acceptors (Lipinski definition) is 8. The third-order valence-electron chi connectivity index (χ3n) is 12.8. The molecule has 0 bridgehead atoms. The lowest BCUT2D eigenvalue weighted by atomic mass is 9.99. The zero-order chi connectivity index (χ0) is 45.1. The van der Waals surface area contributed by atoms with Gasteiger partial charge in [0.2, 0.25) is 5.91 Å². The fourth-order valence-electron chi connectivity index (χ4n) is 8.55. The summed E-state index contributed by atoms with van der Waals surface area (Å²) in [5.41, 5.74) is 0. The molecule has 9 nitrogen and oxygen atoms in total. The number of rotatable bonds is 45. The highest BCUT2D eigenvalue weighted by Gasteiger charge is 2.44. The lowest BCUT2D eigenvalue weighted by molar-refractivity contribution is -0.302. The van der Waals surface area contributed by atoms with Gasteiger partial charge in [-0.25, -0.2) is 0 Å². The molecule has 6 N–H and O–H groups in total. The first-order valence-electron chi connectivity index (χ1n) is 26.5. The van der Waals surface area contributed by atoms with E-state index < -0.39 is 49.5 Å². The van der Waals surface area contributed by atoms with Crippen molar-refractivity contribution in [3.8, 4) is 0 Å². The minimum absolute atomic E-state index is 0.136. The number of aliphatic hydroxyl groups is 5. The van der Waals surface area contributed by atoms with Gasteiger partial charge in [0.05, 0.1) is 25.4 Å². The number of amides is 1. The zero-order valence-corrected chi connectivity index (χ0v) is 40.4. The van der Waals surface area contributed by atoms with Gasteiger partial charge in [-0.15, -0.1) is 0 Å². The van der Waals surface area contributed by atoms with E-state index in [0.717, 1.165) is 44.9 Å². The van der Waals surface area contributed by atoms with E-state index in [1.54, 1.807) is 0 Å². The van der Waals surface area contributed by atoms with Crippen LogP contribution in [0.2, 0.25) is 0 Å². The van der Waals surface area contributed by atoms with Crippen LogP contribution >= 0.6 is 0 Å². The Hall–Kier alpha value is -1.33. The average Bonchev–Trinajstić information content (AvgIpc) is 3.27. The predicted molar refractivity (Wildman–Crippen MR) is 258 cm³/mol. The van der Waals surface area contributed by atoms with Crippen molar-refractivity contribution in [1.82, 2.24) is 5.32 Å². The molecule has 0 aromatic rings. The summed E-state index contributed by atoms with van der Waals surface area (Å²) in [5.74, 6) is -0.144. The summed E-state index contributed by atoms with van der Waals surface area (Å²) in [6.45, 7) is 3.84. The summed E-state index contributed by atoms with van der Waals surface area (Å²) in [4.78, 5) is 13.0. The van der Waals surface area contributed by atoms with Gasteiger partial charge in [-0.05, 0) is 44.9 Å². The number of hydrogen-bond donors (Lipinski definition) is 6. The number of nitrogens with one attached hydrogen (secondary N) is 1. The number of aliphatic hydroxyl groups excluding tert-OH is 5. The molecule has 7 unspecified atom stereocenters. The van der Waals surface area contributed by atoms with Crippen LogP contribution in [0.15, 0.2) is 24.3 Å². The summed E-state index contributed by atoms with van der Waals surface area (Å²) in [6.07, 6.45) is 46.1. The van der Waals surface area contributed by atoms with Gasteiger partial charge in [-0.2, -0.15) is 0 Å². The van der Waals surface area contributed by atoms with Crippen LogP contribution < -0.4 is 5.32 Å². The second kappa shape index (κ2) is 43.6. The van der Waals surface area contributed by atoms with Crippen molar-refractivity contribution in [2.75, 3.05) is 13.2 Å². The van der Waals surface area contributed by atoms with E-state index in [0.29, 0.717) is 12.8 Å². The van der Waals surface area contributed by atoms with Gasteiger partial charge in [-0.1, -0.05) is 224 Å². The number of unbranched alkanes of at least 4 members (excludes halogenated alkanes) is 31. The highest BCUT2D eigenvalue weighted by molar-refractivity contribution is 5.76. The molecule has 1 fully saturated rings. The normalized spacial score (nSPS) is 20.4. The lowest BCUT2D eigenvalue weighted by Crippen LogP contribution is -2.60. The van der Waals surface area contributed by atoms with E-state index in [2.05, 4.69) is 43.5 Å². The third-order valence-corrected chi connectivity index (χ3v) is 12.8. The molecular weight excluding hydrogens is 779 g/mol. The maximum absolute atomic E-state index is 13.0. The molecule has 9 heteroatoms. The average molecular weight is 880 g/mol. The van der Waals surface area contributed by atoms with Crippen LogP contribution in [-0.2, 0) is 14.3 Å². The van der Waals surface area contributed by atoms with Crippen LogP contribution in [-0.4, -0.2) is 87.5 Å². The maximum atomic E-state index is 13.0. The molecule has 1 aliphatic rings. The Morgan fingerprint density at radius 2 is 0.952 bits per heavy atom. The Balaban J connectivity index is 2.24. The lowest BCUT2D eigenvalue weighted by Gasteiger charge is -2.40. The molecule has 0 spiro atoms. The van der Waals surface area contributed by atoms with Crippen LogP contribution in [0.1, 0.15) is 251 Å². The minimum atomic E-state index is -1.55. The number of ether oxygens (including phenoxy) is 2. The summed E-state index contributed by atoms with van der Waals surface area (Å²) in [7, 11) is 0. The molecule has 0 saturated carbocycles. The van der Waals surface area contributed by atoms with E-state index in [4.69, 9.17) is 9.47 Å². The van der Waals surface area contributed by atoms with Gasteiger partial charge < -0.3 is 40.3 Å². The largest absolute Gasteiger partial charge is 0.394 e. The smallest absolute Gasteiger partial charge is 0.220 e. The molecular formula is C53H101NO8. The molecule has 1 saturated heterocycles. The highest BCUT2D eigenvalue weighted by atomic mass is 16.7. The fraction of sp³-hybridized carbons (Fsp3) is 0.906. The fourth-order valence-corrected chi connectivity index (χ4v) is 8.55. The Morgan fingerprint density at radius 3 is 1.39 bits per heavy atom. The molecule has 62 heavy (non-hydrogen) atoms. The number of allylic oxidation sites excluding steroid dienone is 4. The van der Waals surface area contributed by atoms with E-state index in [-0.39, 0.29) is 12.5 Å². The van der Waals surface area contributed by atoms with Crippen LogP contribution in [0.25, 0.3) is 0 Å². The highest BCUT2D eigenvalue weighted by Crippen LogP contribution is 2.23. The first-order chi connectivity index (χ1) is 30.3. The standard InChI is InChI=1S/C53H101NO8/c1-3-5-7-9-11-13-15-17-19-21-22-23-24-25-26-27-29-31-33-35-37-39-41-43-49(57)54-46(45-61-53-52(60)51(59)50(58)48(44-55)62-53)47(56)42-40-38-36-34-32-30-28-20-18-16-14-12-10-8-6-4-2/h15,17,21-22,46-48,50-53,55-56,58-60H,3-14,16,18-20,23-45H2,1-2H3,(H,54,57)/b17-15-,22-21-. The van der Waals surface area contributed by atoms with Gasteiger partial charge in [0.15, 0.2) is 6.29 Å². The van der Waals surface area contributed by atoms with Crippen LogP contribution in [0.3, 0.4) is 0 Å². The number of carbonyl (C=O) groups excluding carboxylic acids is 1. The van der Waals surface area contributed by atoms with Crippen molar-refractivity contribution < 1.29 is 39.8 Å². The molecule has 1 amide bonds. The monoisotopic (exact) mass is 880 g/mol. The Bertz CT molecular complexity index is 1020. The van der Waals surface area contributed by atoms with E-state index in [1.807, 2.05) is 0 Å². The zero-order valence-electron chi connectivity index (χ0n) is 40.4. The van der Waals surface area contributed by atoms with Gasteiger partial charge in [0.1, 0.15) is 24.4 Å². The molecule has 366 valence electrons. The minimum Gasteiger partial charge on any atom is -0.394 e.